The van der Waals surface area contributed by atoms with Crippen LogP contribution in [0.25, 0.3) is 6.08 Å². The quantitative estimate of drug-likeness (QED) is 0.656. The maximum atomic E-state index is 12.5. The average Bonchev–Trinajstić information content (AvgIpc) is 2.85. The van der Waals surface area contributed by atoms with Gasteiger partial charge in [0.1, 0.15) is 5.75 Å². The number of anilines is 1. The van der Waals surface area contributed by atoms with Crippen molar-refractivity contribution in [2.24, 2.45) is 0 Å². The number of benzene rings is 2. The number of nitrogens with zero attached hydrogens (tertiary/aromatic N) is 1. The summed E-state index contributed by atoms with van der Waals surface area (Å²) < 4.78 is 5.11. The van der Waals surface area contributed by atoms with E-state index in [1.54, 1.807) is 24.3 Å². The molecule has 7 heteroatoms. The van der Waals surface area contributed by atoms with Gasteiger partial charge >= 0.3 is 0 Å². The van der Waals surface area contributed by atoms with Gasteiger partial charge in [-0.25, -0.2) is 4.90 Å². The highest BCUT2D eigenvalue weighted by atomic mass is 32.2. The SMILES string of the molecule is COc1cccc(N2C(=O)S/C(=C\c3ccc(O)c(O)c3)C2=O)c1. The molecule has 0 aliphatic carbocycles. The first kappa shape index (κ1) is 15.9. The van der Waals surface area contributed by atoms with Crippen molar-refractivity contribution >= 4 is 34.7 Å². The zero-order chi connectivity index (χ0) is 17.3. The first-order valence-corrected chi connectivity index (χ1v) is 7.75. The molecule has 0 atom stereocenters. The van der Waals surface area contributed by atoms with Crippen LogP contribution in [0, 0.1) is 0 Å². The summed E-state index contributed by atoms with van der Waals surface area (Å²) >= 11 is 0.809. The van der Waals surface area contributed by atoms with E-state index in [1.807, 2.05) is 0 Å². The van der Waals surface area contributed by atoms with Crippen molar-refractivity contribution < 1.29 is 24.5 Å². The smallest absolute Gasteiger partial charge is 0.298 e. The number of methoxy groups -OCH3 is 1. The Morgan fingerprint density at radius 1 is 1.08 bits per heavy atom. The third-order valence-corrected chi connectivity index (χ3v) is 4.27. The molecule has 3 rings (SSSR count). The number of hydrogen-bond acceptors (Lipinski definition) is 6. The number of ether oxygens (including phenoxy) is 1. The third kappa shape index (κ3) is 2.93. The van der Waals surface area contributed by atoms with Crippen molar-refractivity contribution in [3.63, 3.8) is 0 Å². The number of phenolic OH excluding ortho intramolecular Hbond substituents is 2. The first-order chi connectivity index (χ1) is 11.5. The van der Waals surface area contributed by atoms with Crippen molar-refractivity contribution in [3.05, 3.63) is 52.9 Å². The van der Waals surface area contributed by atoms with E-state index in [1.165, 1.54) is 31.4 Å². The Balaban J connectivity index is 1.93. The summed E-state index contributed by atoms with van der Waals surface area (Å²) in [6, 6.07) is 10.8. The van der Waals surface area contributed by atoms with Crippen LogP contribution in [0.3, 0.4) is 0 Å². The second-order valence-corrected chi connectivity index (χ2v) is 5.96. The standard InChI is InChI=1S/C17H13NO5S/c1-23-12-4-2-3-11(9-12)18-16(21)15(24-17(18)22)8-10-5-6-13(19)14(20)7-10/h2-9,19-20H,1H3/b15-8-. The van der Waals surface area contributed by atoms with Crippen molar-refractivity contribution in [1.82, 2.24) is 0 Å². The van der Waals surface area contributed by atoms with Crippen LogP contribution in [0.4, 0.5) is 10.5 Å². The minimum absolute atomic E-state index is 0.230. The Labute approximate surface area is 142 Å². The minimum atomic E-state index is -0.453. The lowest BCUT2D eigenvalue weighted by Gasteiger charge is -2.13. The van der Waals surface area contributed by atoms with E-state index >= 15 is 0 Å². The van der Waals surface area contributed by atoms with Crippen LogP contribution in [-0.2, 0) is 4.79 Å². The molecule has 2 aromatic rings. The van der Waals surface area contributed by atoms with Crippen LogP contribution in [0.2, 0.25) is 0 Å². The normalized spacial score (nSPS) is 16.0. The monoisotopic (exact) mass is 343 g/mol. The van der Waals surface area contributed by atoms with Crippen LogP contribution in [0.1, 0.15) is 5.56 Å². The van der Waals surface area contributed by atoms with E-state index in [-0.39, 0.29) is 16.4 Å². The number of imide groups is 1. The molecule has 6 nitrogen and oxygen atoms in total. The molecular formula is C17H13NO5S. The molecule has 1 aliphatic heterocycles. The Morgan fingerprint density at radius 2 is 1.88 bits per heavy atom. The van der Waals surface area contributed by atoms with Gasteiger partial charge in [-0.3, -0.25) is 9.59 Å². The fourth-order valence-electron chi connectivity index (χ4n) is 2.22. The summed E-state index contributed by atoms with van der Waals surface area (Å²) in [6.07, 6.45) is 1.49. The summed E-state index contributed by atoms with van der Waals surface area (Å²) in [5, 5.41) is 18.4. The zero-order valence-electron chi connectivity index (χ0n) is 12.6. The largest absolute Gasteiger partial charge is 0.504 e. The van der Waals surface area contributed by atoms with E-state index in [0.717, 1.165) is 16.7 Å². The molecule has 1 aliphatic rings. The van der Waals surface area contributed by atoms with Gasteiger partial charge in [0.25, 0.3) is 11.1 Å². The second-order valence-electron chi connectivity index (χ2n) is 4.97. The van der Waals surface area contributed by atoms with Crippen molar-refractivity contribution in [3.8, 4) is 17.2 Å². The van der Waals surface area contributed by atoms with Crippen LogP contribution < -0.4 is 9.64 Å². The van der Waals surface area contributed by atoms with Crippen LogP contribution >= 0.6 is 11.8 Å². The predicted molar refractivity (Wildman–Crippen MR) is 91.2 cm³/mol. The van der Waals surface area contributed by atoms with Crippen molar-refractivity contribution in [2.75, 3.05) is 12.0 Å². The van der Waals surface area contributed by atoms with Gasteiger partial charge < -0.3 is 14.9 Å². The molecule has 2 N–H and O–H groups in total. The molecule has 0 bridgehead atoms. The van der Waals surface area contributed by atoms with Gasteiger partial charge in [-0.05, 0) is 47.7 Å². The van der Waals surface area contributed by atoms with Gasteiger partial charge in [-0.1, -0.05) is 12.1 Å². The Morgan fingerprint density at radius 3 is 2.58 bits per heavy atom. The van der Waals surface area contributed by atoms with E-state index < -0.39 is 11.1 Å². The van der Waals surface area contributed by atoms with Gasteiger partial charge in [0.15, 0.2) is 11.5 Å². The maximum absolute atomic E-state index is 12.5. The number of rotatable bonds is 3. The van der Waals surface area contributed by atoms with Gasteiger partial charge in [0.2, 0.25) is 0 Å². The molecular weight excluding hydrogens is 330 g/mol. The number of carbonyl (C=O) groups excluding carboxylic acids is 2. The van der Waals surface area contributed by atoms with E-state index in [2.05, 4.69) is 0 Å². The summed E-state index contributed by atoms with van der Waals surface area (Å²) in [6.45, 7) is 0. The molecule has 2 aromatic carbocycles. The van der Waals surface area contributed by atoms with E-state index in [4.69, 9.17) is 4.74 Å². The van der Waals surface area contributed by atoms with E-state index in [0.29, 0.717) is 17.0 Å². The molecule has 0 spiro atoms. The molecule has 0 unspecified atom stereocenters. The van der Waals surface area contributed by atoms with Crippen molar-refractivity contribution in [1.29, 1.82) is 0 Å². The number of phenols is 2. The molecule has 1 heterocycles. The maximum Gasteiger partial charge on any atom is 0.298 e. The molecule has 2 amide bonds. The van der Waals surface area contributed by atoms with Gasteiger partial charge in [0.05, 0.1) is 17.7 Å². The molecule has 1 fully saturated rings. The summed E-state index contributed by atoms with van der Waals surface area (Å²) in [5.74, 6) is -0.461. The zero-order valence-corrected chi connectivity index (χ0v) is 13.4. The van der Waals surface area contributed by atoms with Crippen LogP contribution in [-0.4, -0.2) is 28.5 Å². The highest BCUT2D eigenvalue weighted by molar-refractivity contribution is 8.19. The first-order valence-electron chi connectivity index (χ1n) is 6.93. The topological polar surface area (TPSA) is 87.1 Å². The number of amides is 2. The molecule has 122 valence electrons. The average molecular weight is 343 g/mol. The summed E-state index contributed by atoms with van der Waals surface area (Å²) in [7, 11) is 1.50. The highest BCUT2D eigenvalue weighted by Crippen LogP contribution is 2.37. The molecule has 0 saturated carbocycles. The predicted octanol–water partition coefficient (Wildman–Crippen LogP) is 3.35. The Kier molecular flexibility index (Phi) is 4.18. The molecule has 24 heavy (non-hydrogen) atoms. The number of hydrogen-bond donors (Lipinski definition) is 2. The third-order valence-electron chi connectivity index (χ3n) is 3.40. The van der Waals surface area contributed by atoms with Gasteiger partial charge in [-0.2, -0.15) is 0 Å². The highest BCUT2D eigenvalue weighted by Gasteiger charge is 2.36. The summed E-state index contributed by atoms with van der Waals surface area (Å²) in [4.78, 5) is 26.0. The fourth-order valence-corrected chi connectivity index (χ4v) is 3.06. The Bertz CT molecular complexity index is 862. The molecule has 0 aromatic heterocycles. The van der Waals surface area contributed by atoms with Crippen LogP contribution in [0.5, 0.6) is 17.2 Å². The fraction of sp³-hybridized carbons (Fsp3) is 0.0588. The molecule has 0 radical (unpaired) electrons. The van der Waals surface area contributed by atoms with E-state index in [9.17, 15) is 19.8 Å². The summed E-state index contributed by atoms with van der Waals surface area (Å²) in [5.41, 5.74) is 0.926. The number of carbonyl (C=O) groups is 2. The lowest BCUT2D eigenvalue weighted by molar-refractivity contribution is -0.113. The van der Waals surface area contributed by atoms with Gasteiger partial charge in [0, 0.05) is 6.07 Å². The minimum Gasteiger partial charge on any atom is -0.504 e. The second kappa shape index (κ2) is 6.29. The van der Waals surface area contributed by atoms with Crippen LogP contribution in [0.15, 0.2) is 47.4 Å². The lowest BCUT2D eigenvalue weighted by atomic mass is 10.2. The lowest BCUT2D eigenvalue weighted by Crippen LogP contribution is -2.27. The van der Waals surface area contributed by atoms with Crippen molar-refractivity contribution in [2.45, 2.75) is 0 Å². The number of aromatic hydroxyl groups is 2. The molecule has 1 saturated heterocycles. The van der Waals surface area contributed by atoms with Gasteiger partial charge in [-0.15, -0.1) is 0 Å². The number of thioether (sulfide) groups is 1. The Hall–Kier alpha value is -2.93.